The molecule has 0 amide bonds. The van der Waals surface area contributed by atoms with E-state index in [1.165, 1.54) is 19.0 Å². The molecule has 1 aliphatic rings. The maximum absolute atomic E-state index is 8.66. The van der Waals surface area contributed by atoms with Crippen LogP contribution in [0.15, 0.2) is 12.4 Å². The molecule has 16 heavy (non-hydrogen) atoms. The van der Waals surface area contributed by atoms with Crippen molar-refractivity contribution >= 4 is 5.82 Å². The van der Waals surface area contributed by atoms with Crippen LogP contribution in [0.5, 0.6) is 0 Å². The fraction of sp³-hybridized carbons (Fsp3) is 0.583. The van der Waals surface area contributed by atoms with Gasteiger partial charge in [0.15, 0.2) is 5.69 Å². The second-order valence-corrected chi connectivity index (χ2v) is 5.06. The first kappa shape index (κ1) is 10.9. The van der Waals surface area contributed by atoms with Crippen LogP contribution in [0.2, 0.25) is 0 Å². The van der Waals surface area contributed by atoms with Crippen LogP contribution in [0.4, 0.5) is 5.82 Å². The Morgan fingerprint density at radius 3 is 2.75 bits per heavy atom. The summed E-state index contributed by atoms with van der Waals surface area (Å²) in [4.78, 5) is 10.6. The lowest BCUT2D eigenvalue weighted by Gasteiger charge is -2.38. The third kappa shape index (κ3) is 2.30. The van der Waals surface area contributed by atoms with E-state index >= 15 is 0 Å². The minimum Gasteiger partial charge on any atom is -0.355 e. The Morgan fingerprint density at radius 1 is 1.38 bits per heavy atom. The second kappa shape index (κ2) is 4.09. The van der Waals surface area contributed by atoms with E-state index in [4.69, 9.17) is 5.26 Å². The summed E-state index contributed by atoms with van der Waals surface area (Å²) in [5.41, 5.74) is 0.716. The molecule has 4 nitrogen and oxygen atoms in total. The first-order valence-electron chi connectivity index (χ1n) is 5.58. The summed E-state index contributed by atoms with van der Waals surface area (Å²) >= 11 is 0. The highest BCUT2D eigenvalue weighted by atomic mass is 15.2. The number of hydrogen-bond acceptors (Lipinski definition) is 4. The number of nitrogens with zero attached hydrogens (tertiary/aromatic N) is 4. The van der Waals surface area contributed by atoms with Crippen LogP contribution >= 0.6 is 0 Å². The predicted molar refractivity (Wildman–Crippen MR) is 62.0 cm³/mol. The smallest absolute Gasteiger partial charge is 0.158 e. The number of piperidine rings is 1. The average molecular weight is 216 g/mol. The molecule has 0 radical (unpaired) electrons. The molecule has 0 bridgehead atoms. The summed E-state index contributed by atoms with van der Waals surface area (Å²) in [7, 11) is 0. The zero-order chi connectivity index (χ0) is 11.6. The van der Waals surface area contributed by atoms with E-state index in [0.29, 0.717) is 11.1 Å². The summed E-state index contributed by atoms with van der Waals surface area (Å²) in [6.45, 7) is 6.59. The molecule has 1 aromatic heterocycles. The molecule has 1 fully saturated rings. The Morgan fingerprint density at radius 2 is 2.19 bits per heavy atom. The topological polar surface area (TPSA) is 52.8 Å². The van der Waals surface area contributed by atoms with Gasteiger partial charge in [0.25, 0.3) is 0 Å². The zero-order valence-electron chi connectivity index (χ0n) is 9.77. The molecule has 0 unspecified atom stereocenters. The van der Waals surface area contributed by atoms with Crippen molar-refractivity contribution in [2.24, 2.45) is 5.41 Å². The van der Waals surface area contributed by atoms with Gasteiger partial charge in [0.1, 0.15) is 11.9 Å². The lowest BCUT2D eigenvalue weighted by Crippen LogP contribution is -2.40. The Balaban J connectivity index is 2.15. The summed E-state index contributed by atoms with van der Waals surface area (Å²) in [5, 5.41) is 8.66. The summed E-state index contributed by atoms with van der Waals surface area (Å²) in [6, 6.07) is 1.98. The third-order valence-corrected chi connectivity index (χ3v) is 2.98. The van der Waals surface area contributed by atoms with Gasteiger partial charge in [-0.15, -0.1) is 0 Å². The van der Waals surface area contributed by atoms with Crippen LogP contribution in [-0.2, 0) is 0 Å². The molecule has 0 aliphatic carbocycles. The highest BCUT2D eigenvalue weighted by Crippen LogP contribution is 2.30. The van der Waals surface area contributed by atoms with E-state index in [0.717, 1.165) is 18.9 Å². The van der Waals surface area contributed by atoms with Gasteiger partial charge in [-0.2, -0.15) is 5.26 Å². The van der Waals surface area contributed by atoms with Gasteiger partial charge in [-0.25, -0.2) is 9.97 Å². The minimum atomic E-state index is 0.341. The van der Waals surface area contributed by atoms with E-state index in [-0.39, 0.29) is 0 Å². The van der Waals surface area contributed by atoms with Gasteiger partial charge < -0.3 is 4.90 Å². The van der Waals surface area contributed by atoms with Crippen molar-refractivity contribution < 1.29 is 0 Å². The van der Waals surface area contributed by atoms with Gasteiger partial charge in [-0.3, -0.25) is 0 Å². The first-order valence-corrected chi connectivity index (χ1v) is 5.58. The minimum absolute atomic E-state index is 0.341. The lowest BCUT2D eigenvalue weighted by atomic mass is 9.84. The van der Waals surface area contributed by atoms with Crippen LogP contribution in [0, 0.1) is 16.7 Å². The molecule has 2 heterocycles. The van der Waals surface area contributed by atoms with Gasteiger partial charge in [-0.1, -0.05) is 13.8 Å². The molecule has 84 valence electrons. The second-order valence-electron chi connectivity index (χ2n) is 5.06. The van der Waals surface area contributed by atoms with E-state index in [1.54, 1.807) is 6.20 Å². The summed E-state index contributed by atoms with van der Waals surface area (Å²) in [6.07, 6.45) is 5.68. The fourth-order valence-electron chi connectivity index (χ4n) is 2.16. The first-order chi connectivity index (χ1) is 7.61. The number of aromatic nitrogens is 2. The Bertz CT molecular complexity index is 402. The molecule has 1 aliphatic heterocycles. The largest absolute Gasteiger partial charge is 0.355 e. The van der Waals surface area contributed by atoms with Crippen molar-refractivity contribution in [3.8, 4) is 6.07 Å². The number of hydrogen-bond donors (Lipinski definition) is 0. The number of anilines is 1. The molecule has 1 aromatic rings. The van der Waals surface area contributed by atoms with Gasteiger partial charge in [0, 0.05) is 13.1 Å². The van der Waals surface area contributed by atoms with Crippen LogP contribution < -0.4 is 4.90 Å². The molecular formula is C12H16N4. The van der Waals surface area contributed by atoms with Crippen molar-refractivity contribution in [2.45, 2.75) is 26.7 Å². The normalized spacial score (nSPS) is 19.2. The van der Waals surface area contributed by atoms with Crippen LogP contribution in [0.1, 0.15) is 32.4 Å². The van der Waals surface area contributed by atoms with Crippen molar-refractivity contribution in [3.05, 3.63) is 18.1 Å². The molecule has 0 N–H and O–H groups in total. The molecule has 0 atom stereocenters. The Labute approximate surface area is 95.9 Å². The summed E-state index contributed by atoms with van der Waals surface area (Å²) < 4.78 is 0. The SMILES string of the molecule is CC1(C)CCCN(c2cnc(C#N)cn2)C1. The Kier molecular flexibility index (Phi) is 2.78. The average Bonchev–Trinajstić information content (AvgIpc) is 2.28. The molecule has 0 aromatic carbocycles. The van der Waals surface area contributed by atoms with E-state index in [2.05, 4.69) is 28.7 Å². The fourth-order valence-corrected chi connectivity index (χ4v) is 2.16. The lowest BCUT2D eigenvalue weighted by molar-refractivity contribution is 0.292. The highest BCUT2D eigenvalue weighted by Gasteiger charge is 2.27. The molecular weight excluding hydrogens is 200 g/mol. The Hall–Kier alpha value is -1.63. The monoisotopic (exact) mass is 216 g/mol. The molecule has 0 saturated carbocycles. The molecule has 0 spiro atoms. The van der Waals surface area contributed by atoms with Crippen molar-refractivity contribution in [3.63, 3.8) is 0 Å². The number of rotatable bonds is 1. The quantitative estimate of drug-likeness (QED) is 0.720. The van der Waals surface area contributed by atoms with Crippen molar-refractivity contribution in [1.29, 1.82) is 5.26 Å². The van der Waals surface area contributed by atoms with Crippen molar-refractivity contribution in [2.75, 3.05) is 18.0 Å². The zero-order valence-corrected chi connectivity index (χ0v) is 9.77. The highest BCUT2D eigenvalue weighted by molar-refractivity contribution is 5.38. The van der Waals surface area contributed by atoms with E-state index in [1.807, 2.05) is 6.07 Å². The van der Waals surface area contributed by atoms with E-state index < -0.39 is 0 Å². The molecule has 2 rings (SSSR count). The van der Waals surface area contributed by atoms with Crippen molar-refractivity contribution in [1.82, 2.24) is 9.97 Å². The standard InChI is InChI=1S/C12H16N4/c1-12(2)4-3-5-16(9-12)11-8-14-10(6-13)7-15-11/h7-8H,3-5,9H2,1-2H3. The van der Waals surface area contributed by atoms with Crippen LogP contribution in [0.3, 0.4) is 0 Å². The van der Waals surface area contributed by atoms with Gasteiger partial charge in [-0.05, 0) is 18.3 Å². The van der Waals surface area contributed by atoms with E-state index in [9.17, 15) is 0 Å². The van der Waals surface area contributed by atoms with Gasteiger partial charge in [0.2, 0.25) is 0 Å². The molecule has 4 heteroatoms. The van der Waals surface area contributed by atoms with Gasteiger partial charge in [0.05, 0.1) is 12.4 Å². The molecule has 1 saturated heterocycles. The van der Waals surface area contributed by atoms with Crippen LogP contribution in [0.25, 0.3) is 0 Å². The summed E-state index contributed by atoms with van der Waals surface area (Å²) in [5.74, 6) is 0.881. The third-order valence-electron chi connectivity index (χ3n) is 2.98. The number of nitriles is 1. The maximum atomic E-state index is 8.66. The predicted octanol–water partition coefficient (Wildman–Crippen LogP) is 1.97. The van der Waals surface area contributed by atoms with Crippen LogP contribution in [-0.4, -0.2) is 23.1 Å². The maximum Gasteiger partial charge on any atom is 0.158 e. The van der Waals surface area contributed by atoms with Gasteiger partial charge >= 0.3 is 0 Å².